The van der Waals surface area contributed by atoms with Gasteiger partial charge in [-0.15, -0.1) is 0 Å². The van der Waals surface area contributed by atoms with E-state index in [-0.39, 0.29) is 24.2 Å². The van der Waals surface area contributed by atoms with E-state index in [9.17, 15) is 9.59 Å². The molecule has 0 saturated carbocycles. The molecule has 2 aromatic heterocycles. The van der Waals surface area contributed by atoms with Crippen molar-refractivity contribution < 1.29 is 14.3 Å². The van der Waals surface area contributed by atoms with Crippen LogP contribution in [0.25, 0.3) is 22.5 Å². The third kappa shape index (κ3) is 5.72. The van der Waals surface area contributed by atoms with Gasteiger partial charge in [-0.2, -0.15) is 0 Å². The van der Waals surface area contributed by atoms with Crippen LogP contribution in [0.5, 0.6) is 5.75 Å². The van der Waals surface area contributed by atoms with Gasteiger partial charge in [0.2, 0.25) is 0 Å². The summed E-state index contributed by atoms with van der Waals surface area (Å²) in [6.07, 6.45) is 7.18. The first kappa shape index (κ1) is 24.3. The molecule has 3 heterocycles. The van der Waals surface area contributed by atoms with Crippen LogP contribution in [-0.2, 0) is 4.79 Å². The predicted molar refractivity (Wildman–Crippen MR) is 141 cm³/mol. The third-order valence-electron chi connectivity index (χ3n) is 6.63. The number of ketones is 1. The molecule has 0 unspecified atom stereocenters. The second kappa shape index (κ2) is 11.1. The minimum absolute atomic E-state index is 0.00586. The number of likely N-dealkylation sites (tertiary alicyclic amines) is 1. The first-order valence-electron chi connectivity index (χ1n) is 12.4. The standard InChI is InChI=1S/C30H28N4O3/c1-21(35)22-9-11-26(12-10-22)37-20-28(36)34-17-5-8-25(19-34)29-27(23-6-3-2-4-7-23)18-32-30(33-29)24-13-15-31-16-14-24/h2-4,6-7,9-16,18,25H,5,8,17,19-20H2,1H3/t25-/m0/s1. The zero-order valence-electron chi connectivity index (χ0n) is 20.7. The molecule has 4 aromatic rings. The molecule has 7 heteroatoms. The quantitative estimate of drug-likeness (QED) is 0.330. The predicted octanol–water partition coefficient (Wildman–Crippen LogP) is 5.19. The van der Waals surface area contributed by atoms with Gasteiger partial charge in [0.15, 0.2) is 18.2 Å². The first-order chi connectivity index (χ1) is 18.1. The highest BCUT2D eigenvalue weighted by atomic mass is 16.5. The molecule has 0 spiro atoms. The molecule has 2 aromatic carbocycles. The highest BCUT2D eigenvalue weighted by molar-refractivity contribution is 5.94. The monoisotopic (exact) mass is 492 g/mol. The van der Waals surface area contributed by atoms with Crippen molar-refractivity contribution in [1.82, 2.24) is 19.9 Å². The maximum Gasteiger partial charge on any atom is 0.260 e. The van der Waals surface area contributed by atoms with E-state index >= 15 is 0 Å². The molecule has 0 bridgehead atoms. The van der Waals surface area contributed by atoms with Crippen molar-refractivity contribution >= 4 is 11.7 Å². The van der Waals surface area contributed by atoms with E-state index in [2.05, 4.69) is 22.1 Å². The molecule has 7 nitrogen and oxygen atoms in total. The van der Waals surface area contributed by atoms with Gasteiger partial charge in [-0.1, -0.05) is 30.3 Å². The molecular weight excluding hydrogens is 464 g/mol. The number of carbonyl (C=O) groups is 2. The number of carbonyl (C=O) groups excluding carboxylic acids is 2. The Hall–Kier alpha value is -4.39. The van der Waals surface area contributed by atoms with Crippen LogP contribution in [0.1, 0.15) is 41.7 Å². The van der Waals surface area contributed by atoms with E-state index in [1.54, 1.807) is 36.7 Å². The highest BCUT2D eigenvalue weighted by Gasteiger charge is 2.28. The lowest BCUT2D eigenvalue weighted by Gasteiger charge is -2.33. The lowest BCUT2D eigenvalue weighted by atomic mass is 9.89. The van der Waals surface area contributed by atoms with Gasteiger partial charge < -0.3 is 9.64 Å². The van der Waals surface area contributed by atoms with Crippen molar-refractivity contribution in [1.29, 1.82) is 0 Å². The summed E-state index contributed by atoms with van der Waals surface area (Å²) in [6, 6.07) is 20.8. The van der Waals surface area contributed by atoms with Crippen molar-refractivity contribution in [3.05, 3.63) is 96.6 Å². The summed E-state index contributed by atoms with van der Waals surface area (Å²) >= 11 is 0. The Bertz CT molecular complexity index is 1380. The Morgan fingerprint density at radius 3 is 2.46 bits per heavy atom. The van der Waals surface area contributed by atoms with E-state index in [1.165, 1.54) is 6.92 Å². The van der Waals surface area contributed by atoms with Gasteiger partial charge in [0.1, 0.15) is 5.75 Å². The molecule has 1 aliphatic rings. The van der Waals surface area contributed by atoms with Gasteiger partial charge in [-0.25, -0.2) is 9.97 Å². The SMILES string of the molecule is CC(=O)c1ccc(OCC(=O)N2CCC[C@H](c3nc(-c4ccncc4)ncc3-c3ccccc3)C2)cc1. The van der Waals surface area contributed by atoms with Gasteiger partial charge in [0, 0.05) is 54.3 Å². The average Bonchev–Trinajstić information content (AvgIpc) is 2.97. The number of nitrogens with zero attached hydrogens (tertiary/aromatic N) is 4. The number of rotatable bonds is 7. The van der Waals surface area contributed by atoms with Gasteiger partial charge in [-0.3, -0.25) is 14.6 Å². The summed E-state index contributed by atoms with van der Waals surface area (Å²) < 4.78 is 5.73. The van der Waals surface area contributed by atoms with E-state index in [0.717, 1.165) is 35.2 Å². The summed E-state index contributed by atoms with van der Waals surface area (Å²) in [6.45, 7) is 2.72. The van der Waals surface area contributed by atoms with Crippen molar-refractivity contribution in [2.24, 2.45) is 0 Å². The van der Waals surface area contributed by atoms with Crippen molar-refractivity contribution in [2.45, 2.75) is 25.7 Å². The first-order valence-corrected chi connectivity index (χ1v) is 12.4. The smallest absolute Gasteiger partial charge is 0.260 e. The average molecular weight is 493 g/mol. The normalized spacial score (nSPS) is 15.3. The molecule has 5 rings (SSSR count). The molecule has 0 radical (unpaired) electrons. The van der Waals surface area contributed by atoms with Crippen LogP contribution >= 0.6 is 0 Å². The lowest BCUT2D eigenvalue weighted by Crippen LogP contribution is -2.41. The Morgan fingerprint density at radius 2 is 1.73 bits per heavy atom. The van der Waals surface area contributed by atoms with Crippen LogP contribution in [0.3, 0.4) is 0 Å². The fourth-order valence-electron chi connectivity index (χ4n) is 4.64. The Balaban J connectivity index is 1.35. The molecule has 37 heavy (non-hydrogen) atoms. The van der Waals surface area contributed by atoms with Crippen LogP contribution in [0.2, 0.25) is 0 Å². The number of hydrogen-bond donors (Lipinski definition) is 0. The molecule has 0 N–H and O–H groups in total. The van der Waals surface area contributed by atoms with E-state index in [4.69, 9.17) is 9.72 Å². The molecule has 1 fully saturated rings. The third-order valence-corrected chi connectivity index (χ3v) is 6.63. The number of piperidine rings is 1. The van der Waals surface area contributed by atoms with Crippen LogP contribution in [0, 0.1) is 0 Å². The van der Waals surface area contributed by atoms with Crippen molar-refractivity contribution in [2.75, 3.05) is 19.7 Å². The molecule has 1 amide bonds. The van der Waals surface area contributed by atoms with E-state index in [0.29, 0.717) is 30.2 Å². The van der Waals surface area contributed by atoms with E-state index in [1.807, 2.05) is 41.4 Å². The highest BCUT2D eigenvalue weighted by Crippen LogP contribution is 2.34. The minimum atomic E-state index is -0.0648. The lowest BCUT2D eigenvalue weighted by molar-refractivity contribution is -0.134. The van der Waals surface area contributed by atoms with Crippen LogP contribution in [0.15, 0.2) is 85.3 Å². The number of pyridine rings is 1. The number of hydrogen-bond acceptors (Lipinski definition) is 6. The Kier molecular flexibility index (Phi) is 7.31. The summed E-state index contributed by atoms with van der Waals surface area (Å²) in [5.41, 5.74) is 4.51. The fourth-order valence-corrected chi connectivity index (χ4v) is 4.64. The van der Waals surface area contributed by atoms with E-state index < -0.39 is 0 Å². The second-order valence-corrected chi connectivity index (χ2v) is 9.14. The molecule has 1 aliphatic heterocycles. The van der Waals surface area contributed by atoms with Gasteiger partial charge >= 0.3 is 0 Å². The maximum absolute atomic E-state index is 13.1. The number of amides is 1. The largest absolute Gasteiger partial charge is 0.484 e. The van der Waals surface area contributed by atoms with Gasteiger partial charge in [0.25, 0.3) is 5.91 Å². The van der Waals surface area contributed by atoms with Crippen LogP contribution in [0.4, 0.5) is 0 Å². The molecule has 186 valence electrons. The van der Waals surface area contributed by atoms with Crippen LogP contribution < -0.4 is 4.74 Å². The zero-order chi connectivity index (χ0) is 25.6. The number of aromatic nitrogens is 3. The molecule has 1 atom stereocenters. The molecule has 0 aliphatic carbocycles. The number of ether oxygens (including phenoxy) is 1. The van der Waals surface area contributed by atoms with Gasteiger partial charge in [0.05, 0.1) is 5.69 Å². The van der Waals surface area contributed by atoms with Crippen LogP contribution in [-0.4, -0.2) is 51.2 Å². The van der Waals surface area contributed by atoms with Gasteiger partial charge in [-0.05, 0) is 61.7 Å². The molecule has 1 saturated heterocycles. The Labute approximate surface area is 216 Å². The summed E-state index contributed by atoms with van der Waals surface area (Å²) in [5.74, 6) is 1.22. The second-order valence-electron chi connectivity index (χ2n) is 9.14. The zero-order valence-corrected chi connectivity index (χ0v) is 20.7. The Morgan fingerprint density at radius 1 is 0.973 bits per heavy atom. The van der Waals surface area contributed by atoms with Crippen molar-refractivity contribution in [3.8, 4) is 28.3 Å². The molecular formula is C30H28N4O3. The topological polar surface area (TPSA) is 85.3 Å². The minimum Gasteiger partial charge on any atom is -0.484 e. The fraction of sp³-hybridized carbons (Fsp3) is 0.233. The maximum atomic E-state index is 13.1. The number of Topliss-reactive ketones (excluding diaryl/α,β-unsaturated/α-hetero) is 1. The van der Waals surface area contributed by atoms with Crippen molar-refractivity contribution in [3.63, 3.8) is 0 Å². The summed E-state index contributed by atoms with van der Waals surface area (Å²) in [5, 5.41) is 0. The number of benzene rings is 2. The summed E-state index contributed by atoms with van der Waals surface area (Å²) in [4.78, 5) is 40.2. The summed E-state index contributed by atoms with van der Waals surface area (Å²) in [7, 11) is 0.